The molecule has 3 aromatic heterocycles. The van der Waals surface area contributed by atoms with Gasteiger partial charge in [0.25, 0.3) is 0 Å². The Morgan fingerprint density at radius 2 is 1.00 bits per heavy atom. The Hall–Kier alpha value is -7.04. The van der Waals surface area contributed by atoms with E-state index in [4.69, 9.17) is 18.8 Å². The molecule has 3 heterocycles. The lowest BCUT2D eigenvalue weighted by molar-refractivity contribution is 0.667. The zero-order valence-electron chi connectivity index (χ0n) is 27.9. The Balaban J connectivity index is 1.10. The van der Waals surface area contributed by atoms with Gasteiger partial charge in [-0.25, -0.2) is 9.97 Å². The number of hydrogen-bond acceptors (Lipinski definition) is 4. The molecule has 0 atom stereocenters. The fourth-order valence-electron chi connectivity index (χ4n) is 7.79. The number of fused-ring (bicyclic) bond motifs is 9. The van der Waals surface area contributed by atoms with Crippen molar-refractivity contribution in [3.8, 4) is 44.9 Å². The highest BCUT2D eigenvalue weighted by Crippen LogP contribution is 2.42. The van der Waals surface area contributed by atoms with Crippen LogP contribution in [0, 0.1) is 0 Å². The van der Waals surface area contributed by atoms with Crippen LogP contribution in [0.25, 0.3) is 110 Å². The third-order valence-electron chi connectivity index (χ3n) is 10.3. The number of furan rings is 2. The first-order valence-corrected chi connectivity index (χ1v) is 17.5. The quantitative estimate of drug-likeness (QED) is 0.188. The maximum absolute atomic E-state index is 6.62. The minimum Gasteiger partial charge on any atom is -0.455 e. The lowest BCUT2D eigenvalue weighted by Crippen LogP contribution is -1.95. The fraction of sp³-hybridized carbons (Fsp3) is 0. The standard InChI is InChI=1S/C48H28N2O2/c1-2-12-32(13-3-1)44-47-45(38-18-8-9-20-42(38)52-47)50-48(49-44)41-28-40-39-27-33(25-26-43(39)51-46(40)37-17-7-6-16-36(37)41)29-21-23-31(24-22-29)35-19-10-14-30-11-4-5-15-34(30)35/h1-28H. The average molecular weight is 665 g/mol. The van der Waals surface area contributed by atoms with E-state index in [0.29, 0.717) is 11.4 Å². The van der Waals surface area contributed by atoms with Gasteiger partial charge in [-0.05, 0) is 68.7 Å². The van der Waals surface area contributed by atoms with Crippen LogP contribution in [0.5, 0.6) is 0 Å². The highest BCUT2D eigenvalue weighted by atomic mass is 16.3. The molecule has 0 spiro atoms. The van der Waals surface area contributed by atoms with Crippen molar-refractivity contribution in [3.63, 3.8) is 0 Å². The molecule has 0 aliphatic heterocycles. The summed E-state index contributed by atoms with van der Waals surface area (Å²) in [6.45, 7) is 0. The number of nitrogens with zero attached hydrogens (tertiary/aromatic N) is 2. The first kappa shape index (κ1) is 28.8. The van der Waals surface area contributed by atoms with Crippen LogP contribution >= 0.6 is 0 Å². The van der Waals surface area contributed by atoms with Gasteiger partial charge < -0.3 is 8.83 Å². The Kier molecular flexibility index (Phi) is 6.22. The summed E-state index contributed by atoms with van der Waals surface area (Å²) in [7, 11) is 0. The molecule has 11 rings (SSSR count). The van der Waals surface area contributed by atoms with E-state index < -0.39 is 0 Å². The van der Waals surface area contributed by atoms with Gasteiger partial charge in [0, 0.05) is 32.7 Å². The largest absolute Gasteiger partial charge is 0.455 e. The van der Waals surface area contributed by atoms with Crippen molar-refractivity contribution in [2.24, 2.45) is 0 Å². The van der Waals surface area contributed by atoms with Gasteiger partial charge in [0.1, 0.15) is 28.0 Å². The van der Waals surface area contributed by atoms with E-state index >= 15 is 0 Å². The first-order valence-electron chi connectivity index (χ1n) is 17.5. The predicted octanol–water partition coefficient (Wildman–Crippen LogP) is 13.2. The molecule has 0 amide bonds. The minimum atomic E-state index is 0.644. The van der Waals surface area contributed by atoms with E-state index in [-0.39, 0.29) is 0 Å². The Bertz CT molecular complexity index is 3170. The van der Waals surface area contributed by atoms with Crippen LogP contribution in [0.15, 0.2) is 179 Å². The van der Waals surface area contributed by atoms with Crippen molar-refractivity contribution < 1.29 is 8.83 Å². The molecule has 0 saturated heterocycles. The zero-order chi connectivity index (χ0) is 34.2. The summed E-state index contributed by atoms with van der Waals surface area (Å²) in [6, 6.07) is 59.2. The lowest BCUT2D eigenvalue weighted by Gasteiger charge is -2.10. The molecular weight excluding hydrogens is 637 g/mol. The van der Waals surface area contributed by atoms with E-state index in [2.05, 4.69) is 133 Å². The number of hydrogen-bond donors (Lipinski definition) is 0. The molecule has 0 radical (unpaired) electrons. The summed E-state index contributed by atoms with van der Waals surface area (Å²) in [5.41, 5.74) is 11.4. The molecule has 11 aromatic rings. The summed E-state index contributed by atoms with van der Waals surface area (Å²) in [4.78, 5) is 10.5. The van der Waals surface area contributed by atoms with Crippen molar-refractivity contribution in [1.82, 2.24) is 9.97 Å². The lowest BCUT2D eigenvalue weighted by atomic mass is 9.95. The van der Waals surface area contributed by atoms with E-state index in [9.17, 15) is 0 Å². The molecule has 0 unspecified atom stereocenters. The summed E-state index contributed by atoms with van der Waals surface area (Å²) < 4.78 is 13.0. The molecule has 4 heteroatoms. The average Bonchev–Trinajstić information content (AvgIpc) is 3.78. The molecule has 4 nitrogen and oxygen atoms in total. The molecule has 0 aliphatic rings. The van der Waals surface area contributed by atoms with Crippen molar-refractivity contribution in [2.45, 2.75) is 0 Å². The van der Waals surface area contributed by atoms with Crippen LogP contribution in [0.3, 0.4) is 0 Å². The molecular formula is C48H28N2O2. The van der Waals surface area contributed by atoms with Crippen LogP contribution < -0.4 is 0 Å². The van der Waals surface area contributed by atoms with Crippen LogP contribution in [0.1, 0.15) is 0 Å². The fourth-order valence-corrected chi connectivity index (χ4v) is 7.79. The second-order valence-electron chi connectivity index (χ2n) is 13.3. The van der Waals surface area contributed by atoms with Gasteiger partial charge in [-0.2, -0.15) is 0 Å². The normalized spacial score (nSPS) is 11.8. The molecule has 0 bridgehead atoms. The number of rotatable bonds is 4. The van der Waals surface area contributed by atoms with E-state index in [0.717, 1.165) is 77.1 Å². The predicted molar refractivity (Wildman–Crippen MR) is 213 cm³/mol. The number of aromatic nitrogens is 2. The summed E-state index contributed by atoms with van der Waals surface area (Å²) in [5.74, 6) is 0.644. The smallest absolute Gasteiger partial charge is 0.180 e. The SMILES string of the molecule is c1ccc(-c2nc(-c3cc4c5cc(-c6ccc(-c7cccc8ccccc78)cc6)ccc5oc4c4ccccc34)nc3c2oc2ccccc23)cc1. The first-order chi connectivity index (χ1) is 25.8. The van der Waals surface area contributed by atoms with Gasteiger partial charge in [0.15, 0.2) is 11.4 Å². The van der Waals surface area contributed by atoms with Gasteiger partial charge in [0.05, 0.1) is 0 Å². The summed E-state index contributed by atoms with van der Waals surface area (Å²) in [5, 5.41) is 7.60. The molecule has 8 aromatic carbocycles. The van der Waals surface area contributed by atoms with Gasteiger partial charge >= 0.3 is 0 Å². The molecule has 0 aliphatic carbocycles. The van der Waals surface area contributed by atoms with Crippen molar-refractivity contribution in [3.05, 3.63) is 170 Å². The van der Waals surface area contributed by atoms with E-state index in [1.165, 1.54) is 21.9 Å². The Morgan fingerprint density at radius 1 is 0.346 bits per heavy atom. The third-order valence-corrected chi connectivity index (χ3v) is 10.3. The van der Waals surface area contributed by atoms with Gasteiger partial charge in [-0.15, -0.1) is 0 Å². The molecule has 242 valence electrons. The second-order valence-corrected chi connectivity index (χ2v) is 13.3. The van der Waals surface area contributed by atoms with Crippen molar-refractivity contribution >= 4 is 65.6 Å². The monoisotopic (exact) mass is 664 g/mol. The maximum Gasteiger partial charge on any atom is 0.180 e. The third kappa shape index (κ3) is 4.41. The topological polar surface area (TPSA) is 52.1 Å². The molecule has 52 heavy (non-hydrogen) atoms. The van der Waals surface area contributed by atoms with Crippen LogP contribution in [-0.4, -0.2) is 9.97 Å². The highest BCUT2D eigenvalue weighted by Gasteiger charge is 2.21. The highest BCUT2D eigenvalue weighted by molar-refractivity contribution is 6.19. The van der Waals surface area contributed by atoms with Crippen molar-refractivity contribution in [2.75, 3.05) is 0 Å². The van der Waals surface area contributed by atoms with Crippen LogP contribution in [-0.2, 0) is 0 Å². The van der Waals surface area contributed by atoms with Crippen LogP contribution in [0.4, 0.5) is 0 Å². The summed E-state index contributed by atoms with van der Waals surface area (Å²) in [6.07, 6.45) is 0. The molecule has 0 saturated carbocycles. The Morgan fingerprint density at radius 3 is 1.87 bits per heavy atom. The second kappa shape index (κ2) is 11.2. The van der Waals surface area contributed by atoms with E-state index in [1.807, 2.05) is 36.4 Å². The minimum absolute atomic E-state index is 0.644. The molecule has 0 N–H and O–H groups in total. The van der Waals surface area contributed by atoms with E-state index in [1.54, 1.807) is 0 Å². The summed E-state index contributed by atoms with van der Waals surface area (Å²) >= 11 is 0. The van der Waals surface area contributed by atoms with Gasteiger partial charge in [-0.3, -0.25) is 0 Å². The zero-order valence-corrected chi connectivity index (χ0v) is 27.9. The van der Waals surface area contributed by atoms with Gasteiger partial charge in [0.2, 0.25) is 0 Å². The van der Waals surface area contributed by atoms with Gasteiger partial charge in [-0.1, -0.05) is 140 Å². The van der Waals surface area contributed by atoms with Crippen LogP contribution in [0.2, 0.25) is 0 Å². The Labute approximate surface area is 298 Å². The number of para-hydroxylation sites is 1. The molecule has 0 fully saturated rings. The maximum atomic E-state index is 6.62. The van der Waals surface area contributed by atoms with Crippen molar-refractivity contribution in [1.29, 1.82) is 0 Å². The number of benzene rings is 8.